The summed E-state index contributed by atoms with van der Waals surface area (Å²) in [7, 11) is 3.82. The Morgan fingerprint density at radius 1 is 1.28 bits per heavy atom. The molecule has 0 fully saturated rings. The normalized spacial score (nSPS) is 11.7. The SMILES string of the molecule is CC[C@@H](NC(=O)c1ccc(N(C)C)cc1)C(=O)O. The van der Waals surface area contributed by atoms with E-state index in [9.17, 15) is 9.59 Å². The first-order chi connectivity index (χ1) is 8.45. The van der Waals surface area contributed by atoms with Crippen LogP contribution in [0.25, 0.3) is 0 Å². The minimum Gasteiger partial charge on any atom is -0.480 e. The first-order valence-corrected chi connectivity index (χ1v) is 5.76. The van der Waals surface area contributed by atoms with Crippen LogP contribution in [-0.4, -0.2) is 37.1 Å². The van der Waals surface area contributed by atoms with Gasteiger partial charge in [0.15, 0.2) is 0 Å². The van der Waals surface area contributed by atoms with Gasteiger partial charge in [-0.2, -0.15) is 0 Å². The number of carboxylic acids is 1. The summed E-state index contributed by atoms with van der Waals surface area (Å²) < 4.78 is 0. The molecule has 0 aliphatic rings. The fraction of sp³-hybridized carbons (Fsp3) is 0.385. The van der Waals surface area contributed by atoms with Crippen molar-refractivity contribution in [3.05, 3.63) is 29.8 Å². The predicted octanol–water partition coefficient (Wildman–Crippen LogP) is 1.35. The van der Waals surface area contributed by atoms with Gasteiger partial charge in [-0.1, -0.05) is 6.92 Å². The van der Waals surface area contributed by atoms with Gasteiger partial charge in [0.1, 0.15) is 6.04 Å². The van der Waals surface area contributed by atoms with Crippen molar-refractivity contribution >= 4 is 17.6 Å². The van der Waals surface area contributed by atoms with Crippen LogP contribution in [0.3, 0.4) is 0 Å². The van der Waals surface area contributed by atoms with Crippen LogP contribution in [-0.2, 0) is 4.79 Å². The summed E-state index contributed by atoms with van der Waals surface area (Å²) in [5.74, 6) is -1.38. The van der Waals surface area contributed by atoms with Crippen molar-refractivity contribution in [2.45, 2.75) is 19.4 Å². The minimum atomic E-state index is -1.02. The highest BCUT2D eigenvalue weighted by Gasteiger charge is 2.18. The first kappa shape index (κ1) is 14.0. The summed E-state index contributed by atoms with van der Waals surface area (Å²) in [4.78, 5) is 24.6. The van der Waals surface area contributed by atoms with Crippen molar-refractivity contribution in [1.29, 1.82) is 0 Å². The average molecular weight is 250 g/mol. The molecule has 0 unspecified atom stereocenters. The zero-order valence-electron chi connectivity index (χ0n) is 10.8. The lowest BCUT2D eigenvalue weighted by atomic mass is 10.1. The van der Waals surface area contributed by atoms with E-state index in [1.165, 1.54) is 0 Å². The Balaban J connectivity index is 2.75. The van der Waals surface area contributed by atoms with E-state index in [0.717, 1.165) is 5.69 Å². The number of hydrogen-bond donors (Lipinski definition) is 2. The van der Waals surface area contributed by atoms with E-state index in [1.807, 2.05) is 31.1 Å². The van der Waals surface area contributed by atoms with Crippen LogP contribution in [0.5, 0.6) is 0 Å². The minimum absolute atomic E-state index is 0.358. The highest BCUT2D eigenvalue weighted by atomic mass is 16.4. The molecule has 18 heavy (non-hydrogen) atoms. The second-order valence-electron chi connectivity index (χ2n) is 4.21. The molecule has 0 radical (unpaired) electrons. The van der Waals surface area contributed by atoms with E-state index >= 15 is 0 Å². The molecule has 0 heterocycles. The zero-order chi connectivity index (χ0) is 13.7. The third-order valence-corrected chi connectivity index (χ3v) is 2.66. The van der Waals surface area contributed by atoms with Crippen LogP contribution in [0.1, 0.15) is 23.7 Å². The Morgan fingerprint density at radius 2 is 1.83 bits per heavy atom. The van der Waals surface area contributed by atoms with Crippen LogP contribution in [0.4, 0.5) is 5.69 Å². The monoisotopic (exact) mass is 250 g/mol. The summed E-state index contributed by atoms with van der Waals surface area (Å²) in [5.41, 5.74) is 1.44. The van der Waals surface area contributed by atoms with Gasteiger partial charge in [-0.15, -0.1) is 0 Å². The lowest BCUT2D eigenvalue weighted by Gasteiger charge is -2.14. The maximum atomic E-state index is 11.8. The topological polar surface area (TPSA) is 69.6 Å². The van der Waals surface area contributed by atoms with Gasteiger partial charge < -0.3 is 15.3 Å². The third-order valence-electron chi connectivity index (χ3n) is 2.66. The third kappa shape index (κ3) is 3.48. The highest BCUT2D eigenvalue weighted by molar-refractivity contribution is 5.96. The van der Waals surface area contributed by atoms with Gasteiger partial charge in [-0.25, -0.2) is 4.79 Å². The van der Waals surface area contributed by atoms with Crippen LogP contribution >= 0.6 is 0 Å². The molecule has 0 aliphatic carbocycles. The molecule has 1 rings (SSSR count). The number of carbonyl (C=O) groups excluding carboxylic acids is 1. The van der Waals surface area contributed by atoms with Gasteiger partial charge in [-0.3, -0.25) is 4.79 Å². The number of benzene rings is 1. The fourth-order valence-corrected chi connectivity index (χ4v) is 1.49. The van der Waals surface area contributed by atoms with Crippen molar-refractivity contribution in [3.63, 3.8) is 0 Å². The summed E-state index contributed by atoms with van der Waals surface area (Å²) in [5, 5.41) is 11.3. The van der Waals surface area contributed by atoms with E-state index in [-0.39, 0.29) is 5.91 Å². The second-order valence-corrected chi connectivity index (χ2v) is 4.21. The van der Waals surface area contributed by atoms with Gasteiger partial charge in [0.2, 0.25) is 0 Å². The number of hydrogen-bond acceptors (Lipinski definition) is 3. The molecule has 5 nitrogen and oxygen atoms in total. The molecule has 2 N–H and O–H groups in total. The Bertz CT molecular complexity index is 426. The molecule has 0 aromatic heterocycles. The lowest BCUT2D eigenvalue weighted by molar-refractivity contribution is -0.139. The van der Waals surface area contributed by atoms with Gasteiger partial charge in [0.25, 0.3) is 5.91 Å². The van der Waals surface area contributed by atoms with E-state index in [2.05, 4.69) is 5.32 Å². The Labute approximate surface area is 106 Å². The van der Waals surface area contributed by atoms with Crippen LogP contribution in [0, 0.1) is 0 Å². The number of nitrogens with zero attached hydrogens (tertiary/aromatic N) is 1. The smallest absolute Gasteiger partial charge is 0.326 e. The maximum absolute atomic E-state index is 11.8. The quantitative estimate of drug-likeness (QED) is 0.827. The Hall–Kier alpha value is -2.04. The van der Waals surface area contributed by atoms with Crippen LogP contribution < -0.4 is 10.2 Å². The number of nitrogens with one attached hydrogen (secondary N) is 1. The summed E-state index contributed by atoms with van der Waals surface area (Å²) >= 11 is 0. The Morgan fingerprint density at radius 3 is 2.22 bits per heavy atom. The highest BCUT2D eigenvalue weighted by Crippen LogP contribution is 2.12. The first-order valence-electron chi connectivity index (χ1n) is 5.76. The van der Waals surface area contributed by atoms with Crippen LogP contribution in [0.15, 0.2) is 24.3 Å². The molecule has 0 aliphatic heterocycles. The molecule has 1 aromatic rings. The van der Waals surface area contributed by atoms with E-state index in [4.69, 9.17) is 5.11 Å². The van der Waals surface area contributed by atoms with Gasteiger partial charge >= 0.3 is 5.97 Å². The number of carboxylic acid groups (broad SMARTS) is 1. The van der Waals surface area contributed by atoms with Crippen molar-refractivity contribution in [2.75, 3.05) is 19.0 Å². The molecule has 5 heteroatoms. The number of carbonyl (C=O) groups is 2. The van der Waals surface area contributed by atoms with E-state index < -0.39 is 12.0 Å². The molecule has 1 aromatic carbocycles. The van der Waals surface area contributed by atoms with E-state index in [1.54, 1.807) is 19.1 Å². The standard InChI is InChI=1S/C13H18N2O3/c1-4-11(13(17)18)14-12(16)9-5-7-10(8-6-9)15(2)3/h5-8,11H,4H2,1-3H3,(H,14,16)(H,17,18)/t11-/m1/s1. The molecule has 0 spiro atoms. The van der Waals surface area contributed by atoms with Gasteiger partial charge in [0.05, 0.1) is 0 Å². The lowest BCUT2D eigenvalue weighted by Crippen LogP contribution is -2.40. The van der Waals surface area contributed by atoms with Crippen molar-refractivity contribution < 1.29 is 14.7 Å². The largest absolute Gasteiger partial charge is 0.480 e. The number of rotatable bonds is 5. The van der Waals surface area contributed by atoms with E-state index in [0.29, 0.717) is 12.0 Å². The Kier molecular flexibility index (Phi) is 4.71. The van der Waals surface area contributed by atoms with Crippen molar-refractivity contribution in [2.24, 2.45) is 0 Å². The summed E-state index contributed by atoms with van der Waals surface area (Å²) in [6, 6.07) is 6.15. The molecule has 1 atom stereocenters. The molecule has 1 amide bonds. The molecular formula is C13H18N2O3. The summed E-state index contributed by atoms with van der Waals surface area (Å²) in [6.45, 7) is 1.72. The number of anilines is 1. The van der Waals surface area contributed by atoms with Crippen LogP contribution in [0.2, 0.25) is 0 Å². The molecule has 0 saturated heterocycles. The maximum Gasteiger partial charge on any atom is 0.326 e. The molecule has 0 saturated carbocycles. The predicted molar refractivity (Wildman–Crippen MR) is 70.0 cm³/mol. The molecule has 98 valence electrons. The van der Waals surface area contributed by atoms with Gasteiger partial charge in [-0.05, 0) is 30.7 Å². The number of amides is 1. The number of aliphatic carboxylic acids is 1. The van der Waals surface area contributed by atoms with Gasteiger partial charge in [0, 0.05) is 25.3 Å². The zero-order valence-corrected chi connectivity index (χ0v) is 10.8. The molecular weight excluding hydrogens is 232 g/mol. The average Bonchev–Trinajstić information content (AvgIpc) is 2.35. The fourth-order valence-electron chi connectivity index (χ4n) is 1.49. The molecule has 0 bridgehead atoms. The van der Waals surface area contributed by atoms with Crippen molar-refractivity contribution in [3.8, 4) is 0 Å². The summed E-state index contributed by atoms with van der Waals surface area (Å²) in [6.07, 6.45) is 0.358. The van der Waals surface area contributed by atoms with Crippen molar-refractivity contribution in [1.82, 2.24) is 5.32 Å². The second kappa shape index (κ2) is 6.05.